The van der Waals surface area contributed by atoms with E-state index in [1.165, 1.54) is 39.9 Å². The third kappa shape index (κ3) is 3.45. The Hall–Kier alpha value is -1.14. The van der Waals surface area contributed by atoms with Gasteiger partial charge in [-0.3, -0.25) is 9.59 Å². The number of hydrogen-bond donors (Lipinski definition) is 2. The van der Waals surface area contributed by atoms with Crippen molar-refractivity contribution in [2.24, 2.45) is 35.5 Å². The number of ether oxygens (including phenoxy) is 2. The van der Waals surface area contributed by atoms with Gasteiger partial charge in [0, 0.05) is 0 Å². The molecular weight excluding hydrogens is 308 g/mol. The van der Waals surface area contributed by atoms with Gasteiger partial charge in [0.25, 0.3) is 0 Å². The van der Waals surface area contributed by atoms with Crippen LogP contribution < -0.4 is 10.6 Å². The van der Waals surface area contributed by atoms with Crippen LogP contribution in [0.5, 0.6) is 0 Å². The Bertz CT molecular complexity index is 396. The number of piperidine rings is 2. The van der Waals surface area contributed by atoms with E-state index in [0.29, 0.717) is 23.7 Å². The molecule has 0 aromatic carbocycles. The molecule has 4 fully saturated rings. The molecule has 0 unspecified atom stereocenters. The second-order valence-corrected chi connectivity index (χ2v) is 7.61. The van der Waals surface area contributed by atoms with Gasteiger partial charge in [-0.05, 0) is 75.5 Å². The summed E-state index contributed by atoms with van der Waals surface area (Å²) < 4.78 is 9.61. The Morgan fingerprint density at radius 3 is 1.21 bits per heavy atom. The van der Waals surface area contributed by atoms with Crippen molar-refractivity contribution < 1.29 is 19.1 Å². The topological polar surface area (TPSA) is 76.7 Å². The Labute approximate surface area is 144 Å². The summed E-state index contributed by atoms with van der Waals surface area (Å²) in [7, 11) is 2.98. The van der Waals surface area contributed by atoms with Crippen molar-refractivity contribution in [3.8, 4) is 0 Å². The van der Waals surface area contributed by atoms with Gasteiger partial charge in [-0.1, -0.05) is 0 Å². The minimum atomic E-state index is 0.00370. The monoisotopic (exact) mass is 338 g/mol. The maximum atomic E-state index is 11.4. The standard InChI is InChI=1S/2C9H15NO2/c2*1-12-9(11)8-6-2-3-7(8)5-10-4-6/h2*6-8,10H,2-5H2,1H3/t2*6-,7-/m10/s1. The SMILES string of the molecule is COC(=O)C1[C@@H]2CC[C@@H]1CNC2.COC(=O)C1[C@H]2CC[C@H]1CNC2. The lowest BCUT2D eigenvalue weighted by atomic mass is 9.86. The highest BCUT2D eigenvalue weighted by atomic mass is 16.5. The number of esters is 2. The third-order valence-corrected chi connectivity index (χ3v) is 6.42. The summed E-state index contributed by atoms with van der Waals surface area (Å²) in [6, 6.07) is 0. The van der Waals surface area contributed by atoms with Gasteiger partial charge < -0.3 is 20.1 Å². The molecule has 2 heterocycles. The van der Waals surface area contributed by atoms with Crippen molar-refractivity contribution in [1.29, 1.82) is 0 Å². The maximum Gasteiger partial charge on any atom is 0.309 e. The fourth-order valence-electron chi connectivity index (χ4n) is 5.21. The highest BCUT2D eigenvalue weighted by molar-refractivity contribution is 5.74. The molecule has 4 aliphatic rings. The van der Waals surface area contributed by atoms with Crippen molar-refractivity contribution in [3.63, 3.8) is 0 Å². The molecular formula is C18H30N2O4. The summed E-state index contributed by atoms with van der Waals surface area (Å²) in [6.45, 7) is 3.99. The fraction of sp³-hybridized carbons (Fsp3) is 0.889. The van der Waals surface area contributed by atoms with E-state index in [0.717, 1.165) is 26.2 Å². The maximum absolute atomic E-state index is 11.4. The van der Waals surface area contributed by atoms with E-state index in [2.05, 4.69) is 10.6 Å². The van der Waals surface area contributed by atoms with Crippen LogP contribution in [0.4, 0.5) is 0 Å². The van der Waals surface area contributed by atoms with Crippen LogP contribution in [0.2, 0.25) is 0 Å². The molecule has 0 spiro atoms. The lowest BCUT2D eigenvalue weighted by molar-refractivity contribution is -0.149. The molecule has 2 saturated heterocycles. The summed E-state index contributed by atoms with van der Waals surface area (Å²) in [4.78, 5) is 22.8. The summed E-state index contributed by atoms with van der Waals surface area (Å²) in [5.41, 5.74) is 0. The molecule has 2 N–H and O–H groups in total. The Balaban J connectivity index is 0.000000141. The van der Waals surface area contributed by atoms with Crippen molar-refractivity contribution in [2.45, 2.75) is 25.7 Å². The van der Waals surface area contributed by atoms with Crippen LogP contribution >= 0.6 is 0 Å². The smallest absolute Gasteiger partial charge is 0.309 e. The number of nitrogens with one attached hydrogen (secondary N) is 2. The molecule has 6 nitrogen and oxygen atoms in total. The van der Waals surface area contributed by atoms with Crippen LogP contribution in [0.1, 0.15) is 25.7 Å². The van der Waals surface area contributed by atoms with E-state index in [1.54, 1.807) is 0 Å². The van der Waals surface area contributed by atoms with Gasteiger partial charge in [-0.15, -0.1) is 0 Å². The van der Waals surface area contributed by atoms with Crippen molar-refractivity contribution in [1.82, 2.24) is 10.6 Å². The zero-order chi connectivity index (χ0) is 17.1. The molecule has 4 bridgehead atoms. The first-order chi connectivity index (χ1) is 11.7. The van der Waals surface area contributed by atoms with Gasteiger partial charge in [0.05, 0.1) is 26.1 Å². The van der Waals surface area contributed by atoms with E-state index in [9.17, 15) is 9.59 Å². The summed E-state index contributed by atoms with van der Waals surface area (Å²) in [5, 5.41) is 6.70. The molecule has 24 heavy (non-hydrogen) atoms. The molecule has 136 valence electrons. The molecule has 0 amide bonds. The van der Waals surface area contributed by atoms with Gasteiger partial charge in [-0.2, -0.15) is 0 Å². The largest absolute Gasteiger partial charge is 0.469 e. The van der Waals surface area contributed by atoms with E-state index in [4.69, 9.17) is 9.47 Å². The number of carbonyl (C=O) groups excluding carboxylic acids is 2. The van der Waals surface area contributed by atoms with Gasteiger partial charge in [0.1, 0.15) is 0 Å². The average molecular weight is 338 g/mol. The first-order valence-corrected chi connectivity index (χ1v) is 9.22. The van der Waals surface area contributed by atoms with Crippen molar-refractivity contribution in [2.75, 3.05) is 40.4 Å². The van der Waals surface area contributed by atoms with Crippen LogP contribution in [0.15, 0.2) is 0 Å². The van der Waals surface area contributed by atoms with E-state index in [1.807, 2.05) is 0 Å². The second kappa shape index (κ2) is 7.83. The van der Waals surface area contributed by atoms with Gasteiger partial charge in [0.2, 0.25) is 0 Å². The Kier molecular flexibility index (Phi) is 5.76. The van der Waals surface area contributed by atoms with Crippen LogP contribution in [-0.4, -0.2) is 52.3 Å². The average Bonchev–Trinajstić information content (AvgIpc) is 3.01. The molecule has 2 aliphatic heterocycles. The summed E-state index contributed by atoms with van der Waals surface area (Å²) >= 11 is 0. The summed E-state index contributed by atoms with van der Waals surface area (Å²) in [6.07, 6.45) is 4.77. The highest BCUT2D eigenvalue weighted by Gasteiger charge is 2.44. The van der Waals surface area contributed by atoms with Crippen molar-refractivity contribution in [3.05, 3.63) is 0 Å². The fourth-order valence-corrected chi connectivity index (χ4v) is 5.21. The lowest BCUT2D eigenvalue weighted by Gasteiger charge is -2.28. The van der Waals surface area contributed by atoms with Gasteiger partial charge in [-0.25, -0.2) is 0 Å². The molecule has 2 saturated carbocycles. The first kappa shape index (κ1) is 17.7. The summed E-state index contributed by atoms with van der Waals surface area (Å²) in [5.74, 6) is 2.54. The van der Waals surface area contributed by atoms with E-state index in [-0.39, 0.29) is 23.8 Å². The number of rotatable bonds is 2. The molecule has 2 aliphatic carbocycles. The molecule has 4 atom stereocenters. The van der Waals surface area contributed by atoms with Crippen LogP contribution in [-0.2, 0) is 19.1 Å². The molecule has 0 radical (unpaired) electrons. The minimum absolute atomic E-state index is 0.00370. The van der Waals surface area contributed by atoms with E-state index < -0.39 is 0 Å². The quantitative estimate of drug-likeness (QED) is 0.726. The van der Waals surface area contributed by atoms with Crippen molar-refractivity contribution >= 4 is 11.9 Å². The van der Waals surface area contributed by atoms with Crippen LogP contribution in [0, 0.1) is 35.5 Å². The zero-order valence-corrected chi connectivity index (χ0v) is 14.8. The van der Waals surface area contributed by atoms with Gasteiger partial charge >= 0.3 is 11.9 Å². The molecule has 0 aromatic rings. The highest BCUT2D eigenvalue weighted by Crippen LogP contribution is 2.40. The third-order valence-electron chi connectivity index (χ3n) is 6.42. The number of fused-ring (bicyclic) bond motifs is 4. The number of carbonyl (C=O) groups is 2. The van der Waals surface area contributed by atoms with E-state index >= 15 is 0 Å². The first-order valence-electron chi connectivity index (χ1n) is 9.22. The van der Waals surface area contributed by atoms with Crippen LogP contribution in [0.3, 0.4) is 0 Å². The van der Waals surface area contributed by atoms with Gasteiger partial charge in [0.15, 0.2) is 0 Å². The normalized spacial score (nSPS) is 39.6. The Morgan fingerprint density at radius 2 is 0.958 bits per heavy atom. The minimum Gasteiger partial charge on any atom is -0.469 e. The predicted molar refractivity (Wildman–Crippen MR) is 89.2 cm³/mol. The molecule has 0 aromatic heterocycles. The number of hydrogen-bond acceptors (Lipinski definition) is 6. The second-order valence-electron chi connectivity index (χ2n) is 7.61. The Morgan fingerprint density at radius 1 is 0.667 bits per heavy atom. The van der Waals surface area contributed by atoms with Crippen LogP contribution in [0.25, 0.3) is 0 Å². The molecule has 6 heteroatoms. The predicted octanol–water partition coefficient (Wildman–Crippen LogP) is 0.810. The lowest BCUT2D eigenvalue weighted by Crippen LogP contribution is -2.42. The number of methoxy groups -OCH3 is 2. The molecule has 4 rings (SSSR count). The zero-order valence-electron chi connectivity index (χ0n) is 14.8.